The first kappa shape index (κ1) is 17.2. The number of hydrogen-bond acceptors (Lipinski definition) is 5. The van der Waals surface area contributed by atoms with Crippen molar-refractivity contribution >= 4 is 34.0 Å². The molecule has 3 aromatic rings. The van der Waals surface area contributed by atoms with Crippen LogP contribution in [0.15, 0.2) is 53.3 Å². The Morgan fingerprint density at radius 3 is 3.12 bits per heavy atom. The van der Waals surface area contributed by atoms with Gasteiger partial charge < -0.3 is 5.32 Å². The number of hydrogen-bond donors (Lipinski definition) is 1. The Hall–Kier alpha value is -2.63. The molecule has 0 atom stereocenters. The fourth-order valence-electron chi connectivity index (χ4n) is 2.14. The van der Waals surface area contributed by atoms with Crippen LogP contribution in [-0.4, -0.2) is 21.2 Å². The second kappa shape index (κ2) is 7.96. The molecular formula is C17H13FN4OS2. The van der Waals surface area contributed by atoms with E-state index in [1.807, 2.05) is 6.07 Å². The summed E-state index contributed by atoms with van der Waals surface area (Å²) >= 11 is 2.73. The summed E-state index contributed by atoms with van der Waals surface area (Å²) in [5.41, 5.74) is 1.15. The second-order valence-electron chi connectivity index (χ2n) is 4.98. The number of thiophene rings is 1. The largest absolute Gasteiger partial charge is 0.317 e. The van der Waals surface area contributed by atoms with E-state index in [0.717, 1.165) is 0 Å². The molecule has 1 N–H and O–H groups in total. The highest BCUT2D eigenvalue weighted by atomic mass is 32.2. The maximum atomic E-state index is 13.4. The lowest BCUT2D eigenvalue weighted by Gasteiger charge is -2.07. The number of benzene rings is 1. The van der Waals surface area contributed by atoms with Crippen LogP contribution in [-0.2, 0) is 4.79 Å². The maximum absolute atomic E-state index is 13.4. The van der Waals surface area contributed by atoms with Crippen molar-refractivity contribution in [3.05, 3.63) is 59.5 Å². The Balaban J connectivity index is 1.57. The smallest absolute Gasteiger partial charge is 0.225 e. The van der Waals surface area contributed by atoms with Crippen LogP contribution in [0.1, 0.15) is 12.0 Å². The van der Waals surface area contributed by atoms with E-state index in [0.29, 0.717) is 27.2 Å². The summed E-state index contributed by atoms with van der Waals surface area (Å²) in [6.07, 6.45) is 3.67. The van der Waals surface area contributed by atoms with Gasteiger partial charge in [0, 0.05) is 24.6 Å². The molecule has 0 aliphatic rings. The SMILES string of the molecule is N#Cc1ccsc1NC(=O)CCSc1nccn1-c1cccc(F)c1. The molecule has 126 valence electrons. The number of carbonyl (C=O) groups is 1. The zero-order valence-electron chi connectivity index (χ0n) is 13.0. The number of rotatable bonds is 6. The third kappa shape index (κ3) is 4.26. The molecule has 2 aromatic heterocycles. The first-order valence-corrected chi connectivity index (χ1v) is 9.23. The lowest BCUT2D eigenvalue weighted by Crippen LogP contribution is -2.12. The second-order valence-corrected chi connectivity index (χ2v) is 6.96. The summed E-state index contributed by atoms with van der Waals surface area (Å²) in [5.74, 6) is 0.0481. The molecule has 0 saturated carbocycles. The normalized spacial score (nSPS) is 10.4. The molecular weight excluding hydrogens is 359 g/mol. The molecule has 0 bridgehead atoms. The van der Waals surface area contributed by atoms with Crippen LogP contribution in [0.2, 0.25) is 0 Å². The molecule has 0 aliphatic heterocycles. The number of imidazole rings is 1. The number of nitrogens with one attached hydrogen (secondary N) is 1. The van der Waals surface area contributed by atoms with Crippen molar-refractivity contribution in [2.45, 2.75) is 11.6 Å². The van der Waals surface area contributed by atoms with Crippen LogP contribution in [0.25, 0.3) is 5.69 Å². The van der Waals surface area contributed by atoms with Crippen molar-refractivity contribution in [3.8, 4) is 11.8 Å². The minimum atomic E-state index is -0.314. The first-order valence-electron chi connectivity index (χ1n) is 7.37. The Morgan fingerprint density at radius 1 is 1.44 bits per heavy atom. The summed E-state index contributed by atoms with van der Waals surface area (Å²) < 4.78 is 15.2. The molecule has 8 heteroatoms. The molecule has 0 aliphatic carbocycles. The van der Waals surface area contributed by atoms with Gasteiger partial charge in [0.15, 0.2) is 5.16 Å². The van der Waals surface area contributed by atoms with Crippen molar-refractivity contribution in [1.82, 2.24) is 9.55 Å². The number of nitriles is 1. The first-order chi connectivity index (χ1) is 12.2. The van der Waals surface area contributed by atoms with Crippen LogP contribution < -0.4 is 5.32 Å². The van der Waals surface area contributed by atoms with Crippen molar-refractivity contribution < 1.29 is 9.18 Å². The predicted octanol–water partition coefficient (Wildman–Crippen LogP) is 4.07. The monoisotopic (exact) mass is 372 g/mol. The fourth-order valence-corrected chi connectivity index (χ4v) is 3.80. The summed E-state index contributed by atoms with van der Waals surface area (Å²) in [5, 5.41) is 14.7. The van der Waals surface area contributed by atoms with Crippen molar-refractivity contribution in [1.29, 1.82) is 5.26 Å². The van der Waals surface area contributed by atoms with Crippen molar-refractivity contribution in [2.24, 2.45) is 0 Å². The van der Waals surface area contributed by atoms with Gasteiger partial charge in [-0.2, -0.15) is 5.26 Å². The van der Waals surface area contributed by atoms with Gasteiger partial charge in [0.05, 0.1) is 11.3 Å². The van der Waals surface area contributed by atoms with E-state index in [9.17, 15) is 9.18 Å². The Morgan fingerprint density at radius 2 is 2.32 bits per heavy atom. The van der Waals surface area contributed by atoms with Gasteiger partial charge in [-0.25, -0.2) is 9.37 Å². The number of amides is 1. The minimum Gasteiger partial charge on any atom is -0.317 e. The third-order valence-corrected chi connectivity index (χ3v) is 5.09. The highest BCUT2D eigenvalue weighted by molar-refractivity contribution is 7.99. The number of thioether (sulfide) groups is 1. The number of nitrogens with zero attached hydrogens (tertiary/aromatic N) is 3. The zero-order chi connectivity index (χ0) is 17.6. The van der Waals surface area contributed by atoms with Gasteiger partial charge in [-0.3, -0.25) is 9.36 Å². The number of aromatic nitrogens is 2. The van der Waals surface area contributed by atoms with E-state index in [4.69, 9.17) is 5.26 Å². The summed E-state index contributed by atoms with van der Waals surface area (Å²) in [7, 11) is 0. The average Bonchev–Trinajstić information content (AvgIpc) is 3.24. The van der Waals surface area contributed by atoms with Crippen molar-refractivity contribution in [3.63, 3.8) is 0 Å². The maximum Gasteiger partial charge on any atom is 0.225 e. The van der Waals surface area contributed by atoms with E-state index in [1.54, 1.807) is 40.5 Å². The minimum absolute atomic E-state index is 0.157. The summed E-state index contributed by atoms with van der Waals surface area (Å²) in [6.45, 7) is 0. The topological polar surface area (TPSA) is 70.7 Å². The number of halogens is 1. The third-order valence-electron chi connectivity index (χ3n) is 3.29. The molecule has 0 radical (unpaired) electrons. The molecule has 0 saturated heterocycles. The standard InChI is InChI=1S/C17H13FN4OS2/c18-13-2-1-3-14(10-13)22-7-6-20-17(22)25-9-5-15(23)21-16-12(11-19)4-8-24-16/h1-4,6-8,10H,5,9H2,(H,21,23). The molecule has 1 aromatic carbocycles. The van der Waals surface area contributed by atoms with E-state index in [1.165, 1.54) is 35.2 Å². The molecule has 0 spiro atoms. The van der Waals surface area contributed by atoms with Gasteiger partial charge in [0.2, 0.25) is 5.91 Å². The Bertz CT molecular complexity index is 929. The molecule has 5 nitrogen and oxygen atoms in total. The molecule has 0 unspecified atom stereocenters. The lowest BCUT2D eigenvalue weighted by atomic mass is 10.3. The molecule has 1 amide bonds. The van der Waals surface area contributed by atoms with E-state index >= 15 is 0 Å². The van der Waals surface area contributed by atoms with Gasteiger partial charge in [-0.05, 0) is 29.6 Å². The van der Waals surface area contributed by atoms with Gasteiger partial charge in [-0.1, -0.05) is 17.8 Å². The number of carbonyl (C=O) groups excluding carboxylic acids is 1. The lowest BCUT2D eigenvalue weighted by molar-refractivity contribution is -0.115. The van der Waals surface area contributed by atoms with Crippen LogP contribution >= 0.6 is 23.1 Å². The van der Waals surface area contributed by atoms with Gasteiger partial charge in [0.25, 0.3) is 0 Å². The average molecular weight is 372 g/mol. The number of anilines is 1. The van der Waals surface area contributed by atoms with Gasteiger partial charge >= 0.3 is 0 Å². The highest BCUT2D eigenvalue weighted by Crippen LogP contribution is 2.24. The highest BCUT2D eigenvalue weighted by Gasteiger charge is 2.10. The fraction of sp³-hybridized carbons (Fsp3) is 0.118. The van der Waals surface area contributed by atoms with Crippen molar-refractivity contribution in [2.75, 3.05) is 11.1 Å². The van der Waals surface area contributed by atoms with E-state index in [-0.39, 0.29) is 18.1 Å². The summed E-state index contributed by atoms with van der Waals surface area (Å²) in [6, 6.07) is 9.96. The van der Waals surface area contributed by atoms with E-state index in [2.05, 4.69) is 10.3 Å². The Kier molecular flexibility index (Phi) is 5.48. The quantitative estimate of drug-likeness (QED) is 0.662. The molecule has 2 heterocycles. The molecule has 3 rings (SSSR count). The van der Waals surface area contributed by atoms with Crippen LogP contribution in [0.3, 0.4) is 0 Å². The van der Waals surface area contributed by atoms with Crippen LogP contribution in [0.4, 0.5) is 9.39 Å². The molecule has 25 heavy (non-hydrogen) atoms. The Labute approximate surface area is 152 Å². The summed E-state index contributed by atoms with van der Waals surface area (Å²) in [4.78, 5) is 16.3. The van der Waals surface area contributed by atoms with Crippen LogP contribution in [0.5, 0.6) is 0 Å². The van der Waals surface area contributed by atoms with Gasteiger partial charge in [-0.15, -0.1) is 11.3 Å². The predicted molar refractivity (Wildman–Crippen MR) is 96.5 cm³/mol. The van der Waals surface area contributed by atoms with E-state index < -0.39 is 0 Å². The zero-order valence-corrected chi connectivity index (χ0v) is 14.6. The van der Waals surface area contributed by atoms with Gasteiger partial charge in [0.1, 0.15) is 16.9 Å². The molecule has 0 fully saturated rings. The van der Waals surface area contributed by atoms with Crippen LogP contribution in [0, 0.1) is 17.1 Å².